The van der Waals surface area contributed by atoms with Gasteiger partial charge in [0.05, 0.1) is 29.8 Å². The molecule has 2 aromatic carbocycles. The van der Waals surface area contributed by atoms with Gasteiger partial charge in [-0.2, -0.15) is 0 Å². The standard InChI is InChI=1S/C20H20FNO4/c1-20(2)12-26-17(13-6-4-3-5-7-13)11-22(20)18(23)15-9-8-14(19(24)25)10-16(15)21/h3-10,17H,11-12H2,1-2H3,(H,24,25). The Labute approximate surface area is 151 Å². The predicted molar refractivity (Wildman–Crippen MR) is 93.6 cm³/mol. The maximum atomic E-state index is 14.3. The molecule has 1 heterocycles. The molecule has 0 saturated carbocycles. The number of aromatic carboxylic acids is 1. The van der Waals surface area contributed by atoms with Gasteiger partial charge >= 0.3 is 5.97 Å². The molecule has 3 rings (SSSR count). The molecule has 1 N–H and O–H groups in total. The minimum absolute atomic E-state index is 0.142. The van der Waals surface area contributed by atoms with Gasteiger partial charge in [0.25, 0.3) is 5.91 Å². The minimum atomic E-state index is -1.24. The molecule has 0 bridgehead atoms. The lowest BCUT2D eigenvalue weighted by Crippen LogP contribution is -2.56. The highest BCUT2D eigenvalue weighted by atomic mass is 19.1. The number of nitrogens with zero attached hydrogens (tertiary/aromatic N) is 1. The number of hydrogen-bond acceptors (Lipinski definition) is 3. The van der Waals surface area contributed by atoms with Gasteiger partial charge in [0.15, 0.2) is 0 Å². The lowest BCUT2D eigenvalue weighted by atomic mass is 9.96. The van der Waals surface area contributed by atoms with Crippen molar-refractivity contribution in [3.05, 3.63) is 71.0 Å². The first-order valence-corrected chi connectivity index (χ1v) is 8.31. The van der Waals surface area contributed by atoms with E-state index in [1.165, 1.54) is 12.1 Å². The normalized spacial score (nSPS) is 19.2. The Morgan fingerprint density at radius 2 is 1.88 bits per heavy atom. The summed E-state index contributed by atoms with van der Waals surface area (Å²) in [6, 6.07) is 12.9. The third kappa shape index (κ3) is 3.46. The quantitative estimate of drug-likeness (QED) is 0.913. The molecule has 0 radical (unpaired) electrons. The van der Waals surface area contributed by atoms with E-state index in [0.29, 0.717) is 6.61 Å². The van der Waals surface area contributed by atoms with Gasteiger partial charge in [-0.15, -0.1) is 0 Å². The highest BCUT2D eigenvalue weighted by molar-refractivity contribution is 5.96. The highest BCUT2D eigenvalue weighted by Crippen LogP contribution is 2.31. The Hall–Kier alpha value is -2.73. The molecule has 5 nitrogen and oxygen atoms in total. The van der Waals surface area contributed by atoms with Crippen molar-refractivity contribution < 1.29 is 23.8 Å². The van der Waals surface area contributed by atoms with E-state index >= 15 is 0 Å². The van der Waals surface area contributed by atoms with Crippen molar-refractivity contribution in [2.75, 3.05) is 13.2 Å². The van der Waals surface area contributed by atoms with E-state index in [-0.39, 0.29) is 23.8 Å². The average Bonchev–Trinajstić information content (AvgIpc) is 2.61. The third-order valence-corrected chi connectivity index (χ3v) is 4.58. The summed E-state index contributed by atoms with van der Waals surface area (Å²) in [4.78, 5) is 25.5. The lowest BCUT2D eigenvalue weighted by molar-refractivity contribution is -0.0847. The van der Waals surface area contributed by atoms with Crippen LogP contribution in [0.2, 0.25) is 0 Å². The molecular weight excluding hydrogens is 337 g/mol. The van der Waals surface area contributed by atoms with Gasteiger partial charge in [-0.3, -0.25) is 4.79 Å². The largest absolute Gasteiger partial charge is 0.478 e. The average molecular weight is 357 g/mol. The summed E-state index contributed by atoms with van der Waals surface area (Å²) >= 11 is 0. The van der Waals surface area contributed by atoms with Crippen molar-refractivity contribution in [1.82, 2.24) is 4.90 Å². The van der Waals surface area contributed by atoms with Gasteiger partial charge in [0.1, 0.15) is 11.9 Å². The van der Waals surface area contributed by atoms with Crippen LogP contribution in [0.1, 0.15) is 46.2 Å². The molecule has 1 fully saturated rings. The fourth-order valence-corrected chi connectivity index (χ4v) is 3.04. The minimum Gasteiger partial charge on any atom is -0.478 e. The number of rotatable bonds is 3. The van der Waals surface area contributed by atoms with Gasteiger partial charge in [-0.05, 0) is 37.6 Å². The number of morpholine rings is 1. The monoisotopic (exact) mass is 357 g/mol. The smallest absolute Gasteiger partial charge is 0.335 e. The number of benzene rings is 2. The lowest BCUT2D eigenvalue weighted by Gasteiger charge is -2.45. The molecule has 0 aliphatic carbocycles. The van der Waals surface area contributed by atoms with Gasteiger partial charge in [-0.25, -0.2) is 9.18 Å². The molecule has 1 atom stereocenters. The number of carbonyl (C=O) groups is 2. The second kappa shape index (κ2) is 6.88. The van der Waals surface area contributed by atoms with Gasteiger partial charge in [-0.1, -0.05) is 30.3 Å². The molecule has 1 amide bonds. The molecule has 1 saturated heterocycles. The zero-order chi connectivity index (χ0) is 18.9. The van der Waals surface area contributed by atoms with Crippen LogP contribution in [0.5, 0.6) is 0 Å². The zero-order valence-electron chi connectivity index (χ0n) is 14.6. The molecule has 26 heavy (non-hydrogen) atoms. The second-order valence-corrected chi connectivity index (χ2v) is 6.94. The number of carboxylic acids is 1. The summed E-state index contributed by atoms with van der Waals surface area (Å²) < 4.78 is 20.3. The van der Waals surface area contributed by atoms with Crippen LogP contribution in [0.25, 0.3) is 0 Å². The maximum Gasteiger partial charge on any atom is 0.335 e. The van der Waals surface area contributed by atoms with Gasteiger partial charge in [0, 0.05) is 0 Å². The van der Waals surface area contributed by atoms with Crippen LogP contribution < -0.4 is 0 Å². The maximum absolute atomic E-state index is 14.3. The van der Waals surface area contributed by atoms with Crippen LogP contribution in [0, 0.1) is 5.82 Å². The summed E-state index contributed by atoms with van der Waals surface area (Å²) in [6.07, 6.45) is -0.297. The molecular formula is C20H20FNO4. The third-order valence-electron chi connectivity index (χ3n) is 4.58. The first kappa shape index (κ1) is 18.1. The van der Waals surface area contributed by atoms with Crippen molar-refractivity contribution >= 4 is 11.9 Å². The Balaban J connectivity index is 1.89. The van der Waals surface area contributed by atoms with Crippen molar-refractivity contribution in [3.63, 3.8) is 0 Å². The van der Waals surface area contributed by atoms with Crippen LogP contribution in [0.3, 0.4) is 0 Å². The van der Waals surface area contributed by atoms with Crippen molar-refractivity contribution in [2.24, 2.45) is 0 Å². The van der Waals surface area contributed by atoms with E-state index in [9.17, 15) is 14.0 Å². The van der Waals surface area contributed by atoms with Gasteiger partial charge in [0.2, 0.25) is 0 Å². The first-order valence-electron chi connectivity index (χ1n) is 8.31. The second-order valence-electron chi connectivity index (χ2n) is 6.94. The van der Waals surface area contributed by atoms with E-state index < -0.39 is 23.2 Å². The molecule has 2 aromatic rings. The first-order chi connectivity index (χ1) is 12.3. The number of halogens is 1. The number of amides is 1. The molecule has 136 valence electrons. The summed E-state index contributed by atoms with van der Waals surface area (Å²) in [5.41, 5.74) is 0.00188. The fraction of sp³-hybridized carbons (Fsp3) is 0.300. The van der Waals surface area contributed by atoms with Crippen LogP contribution in [-0.2, 0) is 4.74 Å². The Bertz CT molecular complexity index is 835. The number of carbonyl (C=O) groups excluding carboxylic acids is 1. The van der Waals surface area contributed by atoms with Crippen LogP contribution in [0.4, 0.5) is 4.39 Å². The molecule has 1 aliphatic heterocycles. The van der Waals surface area contributed by atoms with Crippen molar-refractivity contribution in [1.29, 1.82) is 0 Å². The molecule has 1 unspecified atom stereocenters. The molecule has 0 aromatic heterocycles. The summed E-state index contributed by atoms with van der Waals surface area (Å²) in [5.74, 6) is -2.55. The van der Waals surface area contributed by atoms with E-state index in [2.05, 4.69) is 0 Å². The molecule has 0 spiro atoms. The molecule has 1 aliphatic rings. The van der Waals surface area contributed by atoms with Crippen LogP contribution >= 0.6 is 0 Å². The SMILES string of the molecule is CC1(C)COC(c2ccccc2)CN1C(=O)c1ccc(C(=O)O)cc1F. The number of carboxylic acid groups (broad SMARTS) is 1. The van der Waals surface area contributed by atoms with Crippen LogP contribution in [-0.4, -0.2) is 40.6 Å². The fourth-order valence-electron chi connectivity index (χ4n) is 3.04. The Kier molecular flexibility index (Phi) is 4.78. The summed E-state index contributed by atoms with van der Waals surface area (Å²) in [7, 11) is 0. The summed E-state index contributed by atoms with van der Waals surface area (Å²) in [6.45, 7) is 4.31. The number of hydrogen-bond donors (Lipinski definition) is 1. The zero-order valence-corrected chi connectivity index (χ0v) is 14.6. The van der Waals surface area contributed by atoms with Crippen LogP contribution in [0.15, 0.2) is 48.5 Å². The topological polar surface area (TPSA) is 66.8 Å². The van der Waals surface area contributed by atoms with E-state index in [1.807, 2.05) is 44.2 Å². The highest BCUT2D eigenvalue weighted by Gasteiger charge is 2.39. The van der Waals surface area contributed by atoms with Crippen molar-refractivity contribution in [3.8, 4) is 0 Å². The van der Waals surface area contributed by atoms with Crippen molar-refractivity contribution in [2.45, 2.75) is 25.5 Å². The Morgan fingerprint density at radius 3 is 2.50 bits per heavy atom. The van der Waals surface area contributed by atoms with Gasteiger partial charge < -0.3 is 14.7 Å². The summed E-state index contributed by atoms with van der Waals surface area (Å²) in [5, 5.41) is 8.95. The molecule has 6 heteroatoms. The predicted octanol–water partition coefficient (Wildman–Crippen LogP) is 3.52. The van der Waals surface area contributed by atoms with E-state index in [1.54, 1.807) is 4.90 Å². The van der Waals surface area contributed by atoms with E-state index in [0.717, 1.165) is 11.6 Å². The number of ether oxygens (including phenoxy) is 1. The van der Waals surface area contributed by atoms with E-state index in [4.69, 9.17) is 9.84 Å². The Morgan fingerprint density at radius 1 is 1.19 bits per heavy atom.